The van der Waals surface area contributed by atoms with E-state index in [1.807, 2.05) is 19.9 Å². The summed E-state index contributed by atoms with van der Waals surface area (Å²) < 4.78 is 9.43. The van der Waals surface area contributed by atoms with Crippen LogP contribution in [0.25, 0.3) is 11.2 Å². The third-order valence-electron chi connectivity index (χ3n) is 4.61. The number of ether oxygens (including phenoxy) is 1. The molecule has 8 heteroatoms. The highest BCUT2D eigenvalue weighted by atomic mass is 16.5. The smallest absolute Gasteiger partial charge is 0.332 e. The second kappa shape index (κ2) is 8.53. The van der Waals surface area contributed by atoms with E-state index in [-0.39, 0.29) is 12.5 Å². The van der Waals surface area contributed by atoms with E-state index in [9.17, 15) is 14.7 Å². The Morgan fingerprint density at radius 3 is 2.46 bits per heavy atom. The number of aromatic nitrogens is 4. The molecule has 2 aromatic heterocycles. The molecule has 0 aliphatic rings. The number of aliphatic hydroxyl groups excluding tert-OH is 1. The fraction of sp³-hybridized carbons (Fsp3) is 0.450. The topological polar surface area (TPSA) is 91.3 Å². The Morgan fingerprint density at radius 1 is 1.11 bits per heavy atom. The van der Waals surface area contributed by atoms with Crippen molar-refractivity contribution in [2.75, 3.05) is 13.7 Å². The van der Waals surface area contributed by atoms with Crippen LogP contribution in [-0.4, -0.2) is 37.5 Å². The lowest BCUT2D eigenvalue weighted by Crippen LogP contribution is -2.42. The van der Waals surface area contributed by atoms with Gasteiger partial charge in [-0.25, -0.2) is 9.78 Å². The van der Waals surface area contributed by atoms with Gasteiger partial charge in [-0.3, -0.25) is 13.9 Å². The molecule has 0 amide bonds. The first-order chi connectivity index (χ1) is 13.4. The normalized spacial score (nSPS) is 12.8. The van der Waals surface area contributed by atoms with Crippen LogP contribution in [0.3, 0.4) is 0 Å². The molecule has 0 spiro atoms. The Kier molecular flexibility index (Phi) is 6.11. The van der Waals surface area contributed by atoms with Crippen molar-refractivity contribution in [2.24, 2.45) is 5.92 Å². The van der Waals surface area contributed by atoms with Crippen molar-refractivity contribution in [3.8, 4) is 0 Å². The van der Waals surface area contributed by atoms with Crippen molar-refractivity contribution in [3.05, 3.63) is 63.1 Å². The molecule has 1 unspecified atom stereocenters. The molecular formula is C20H26N4O4. The van der Waals surface area contributed by atoms with Crippen LogP contribution in [0.15, 0.2) is 46.2 Å². The SMILES string of the molecule is COCCn1cnc2c1c(=O)n(CC(O)c1ccccc1)c(=O)n2CC(C)C. The summed E-state index contributed by atoms with van der Waals surface area (Å²) in [4.78, 5) is 30.5. The van der Waals surface area contributed by atoms with E-state index in [2.05, 4.69) is 4.98 Å². The number of nitrogens with zero attached hydrogens (tertiary/aromatic N) is 4. The highest BCUT2D eigenvalue weighted by Crippen LogP contribution is 2.14. The van der Waals surface area contributed by atoms with Crippen molar-refractivity contribution in [2.45, 2.75) is 39.6 Å². The van der Waals surface area contributed by atoms with Crippen LogP contribution < -0.4 is 11.2 Å². The molecule has 1 N–H and O–H groups in total. The van der Waals surface area contributed by atoms with Crippen LogP contribution in [0.5, 0.6) is 0 Å². The number of rotatable bonds is 8. The summed E-state index contributed by atoms with van der Waals surface area (Å²) >= 11 is 0. The lowest BCUT2D eigenvalue weighted by Gasteiger charge is -2.16. The fourth-order valence-electron chi connectivity index (χ4n) is 3.24. The molecule has 3 aromatic rings. The van der Waals surface area contributed by atoms with Crippen molar-refractivity contribution < 1.29 is 9.84 Å². The summed E-state index contributed by atoms with van der Waals surface area (Å²) in [5.41, 5.74) is 0.446. The van der Waals surface area contributed by atoms with Crippen LogP contribution in [0.2, 0.25) is 0 Å². The number of fused-ring (bicyclic) bond motifs is 1. The quantitative estimate of drug-likeness (QED) is 0.632. The number of benzene rings is 1. The number of hydrogen-bond donors (Lipinski definition) is 1. The van der Waals surface area contributed by atoms with Gasteiger partial charge < -0.3 is 14.4 Å². The van der Waals surface area contributed by atoms with E-state index in [0.717, 1.165) is 4.57 Å². The second-order valence-electron chi connectivity index (χ2n) is 7.23. The molecule has 0 bridgehead atoms. The van der Waals surface area contributed by atoms with Crippen molar-refractivity contribution in [3.63, 3.8) is 0 Å². The summed E-state index contributed by atoms with van der Waals surface area (Å²) in [5, 5.41) is 10.6. The average molecular weight is 386 g/mol. The lowest BCUT2D eigenvalue weighted by atomic mass is 10.1. The van der Waals surface area contributed by atoms with Gasteiger partial charge in [0.1, 0.15) is 0 Å². The third kappa shape index (κ3) is 3.93. The summed E-state index contributed by atoms with van der Waals surface area (Å²) in [6.45, 7) is 5.16. The van der Waals surface area contributed by atoms with Crippen LogP contribution in [0, 0.1) is 5.92 Å². The molecule has 150 valence electrons. The zero-order chi connectivity index (χ0) is 20.3. The molecule has 0 radical (unpaired) electrons. The van der Waals surface area contributed by atoms with E-state index >= 15 is 0 Å². The minimum Gasteiger partial charge on any atom is -0.387 e. The van der Waals surface area contributed by atoms with Gasteiger partial charge in [0.05, 0.1) is 25.6 Å². The summed E-state index contributed by atoms with van der Waals surface area (Å²) in [7, 11) is 1.59. The molecule has 28 heavy (non-hydrogen) atoms. The molecule has 0 aliphatic carbocycles. The van der Waals surface area contributed by atoms with Crippen molar-refractivity contribution in [1.82, 2.24) is 18.7 Å². The summed E-state index contributed by atoms with van der Waals surface area (Å²) in [6.07, 6.45) is 0.589. The maximum Gasteiger partial charge on any atom is 0.332 e. The van der Waals surface area contributed by atoms with Crippen LogP contribution in [-0.2, 0) is 24.4 Å². The minimum absolute atomic E-state index is 0.120. The average Bonchev–Trinajstić information content (AvgIpc) is 3.11. The zero-order valence-electron chi connectivity index (χ0n) is 16.4. The number of hydrogen-bond acceptors (Lipinski definition) is 5. The van der Waals surface area contributed by atoms with Crippen LogP contribution >= 0.6 is 0 Å². The van der Waals surface area contributed by atoms with Crippen LogP contribution in [0.4, 0.5) is 0 Å². The number of methoxy groups -OCH3 is 1. The highest BCUT2D eigenvalue weighted by Gasteiger charge is 2.20. The molecule has 8 nitrogen and oxygen atoms in total. The minimum atomic E-state index is -0.966. The Balaban J connectivity index is 2.15. The molecule has 2 heterocycles. The molecule has 1 atom stereocenters. The zero-order valence-corrected chi connectivity index (χ0v) is 16.4. The molecule has 3 rings (SSSR count). The van der Waals surface area contributed by atoms with Crippen molar-refractivity contribution in [1.29, 1.82) is 0 Å². The standard InChI is InChI=1S/C20H26N4O4/c1-14(2)11-23-18-17(22(13-21-18)9-10-28-3)19(26)24(20(23)27)12-16(25)15-7-5-4-6-8-15/h4-8,13-14,16,25H,9-12H2,1-3H3. The fourth-order valence-corrected chi connectivity index (χ4v) is 3.24. The molecule has 0 aliphatic heterocycles. The Bertz CT molecular complexity index is 1050. The maximum absolute atomic E-state index is 13.1. The van der Waals surface area contributed by atoms with Crippen molar-refractivity contribution >= 4 is 11.2 Å². The first-order valence-electron chi connectivity index (χ1n) is 9.34. The summed E-state index contributed by atoms with van der Waals surface area (Å²) in [6, 6.07) is 8.99. The monoisotopic (exact) mass is 386 g/mol. The van der Waals surface area contributed by atoms with Gasteiger partial charge in [0.15, 0.2) is 11.2 Å². The van der Waals surface area contributed by atoms with Crippen LogP contribution in [0.1, 0.15) is 25.5 Å². The van der Waals surface area contributed by atoms with Gasteiger partial charge >= 0.3 is 5.69 Å². The number of aliphatic hydroxyl groups is 1. The van der Waals surface area contributed by atoms with E-state index in [1.165, 1.54) is 4.57 Å². The molecule has 0 saturated carbocycles. The Hall–Kier alpha value is -2.71. The van der Waals surface area contributed by atoms with Gasteiger partial charge in [-0.2, -0.15) is 0 Å². The molecule has 1 aromatic carbocycles. The van der Waals surface area contributed by atoms with Gasteiger partial charge in [0.2, 0.25) is 0 Å². The predicted octanol–water partition coefficient (Wildman–Crippen LogP) is 1.40. The van der Waals surface area contributed by atoms with E-state index in [4.69, 9.17) is 4.74 Å². The molecular weight excluding hydrogens is 360 g/mol. The maximum atomic E-state index is 13.1. The highest BCUT2D eigenvalue weighted by molar-refractivity contribution is 5.70. The largest absolute Gasteiger partial charge is 0.387 e. The van der Waals surface area contributed by atoms with Gasteiger partial charge in [0.25, 0.3) is 5.56 Å². The summed E-state index contributed by atoms with van der Waals surface area (Å²) in [5.74, 6) is 0.190. The number of imidazole rings is 1. The first kappa shape index (κ1) is 20.0. The van der Waals surface area contributed by atoms with Gasteiger partial charge in [-0.1, -0.05) is 44.2 Å². The lowest BCUT2D eigenvalue weighted by molar-refractivity contribution is 0.152. The van der Waals surface area contributed by atoms with Gasteiger partial charge in [0, 0.05) is 20.2 Å². The van der Waals surface area contributed by atoms with E-state index < -0.39 is 17.4 Å². The van der Waals surface area contributed by atoms with E-state index in [0.29, 0.717) is 36.4 Å². The third-order valence-corrected chi connectivity index (χ3v) is 4.61. The first-order valence-corrected chi connectivity index (χ1v) is 9.34. The predicted molar refractivity (Wildman–Crippen MR) is 106 cm³/mol. The molecule has 0 fully saturated rings. The van der Waals surface area contributed by atoms with Gasteiger partial charge in [-0.05, 0) is 11.5 Å². The Morgan fingerprint density at radius 2 is 1.82 bits per heavy atom. The molecule has 0 saturated heterocycles. The second-order valence-corrected chi connectivity index (χ2v) is 7.23. The van der Waals surface area contributed by atoms with E-state index in [1.54, 1.807) is 42.3 Å². The Labute approximate surface area is 162 Å². The van der Waals surface area contributed by atoms with Gasteiger partial charge in [-0.15, -0.1) is 0 Å².